The lowest BCUT2D eigenvalue weighted by Gasteiger charge is -2.09. The van der Waals surface area contributed by atoms with Gasteiger partial charge in [-0.3, -0.25) is 10.1 Å². The Morgan fingerprint density at radius 3 is 2.40 bits per heavy atom. The maximum atomic E-state index is 4.27. The summed E-state index contributed by atoms with van der Waals surface area (Å²) in [6.45, 7) is 0. The first kappa shape index (κ1) is 15.5. The molecule has 0 amide bonds. The maximum absolute atomic E-state index is 4.27. The first-order chi connectivity index (χ1) is 12.3. The molecule has 2 aromatic carbocycles. The third kappa shape index (κ3) is 3.14. The van der Waals surface area contributed by atoms with Gasteiger partial charge in [-0.2, -0.15) is 11.3 Å². The molecular formula is C20H16N4S. The van der Waals surface area contributed by atoms with E-state index in [2.05, 4.69) is 79.7 Å². The predicted molar refractivity (Wildman–Crippen MR) is 104 cm³/mol. The molecule has 0 radical (unpaired) electrons. The van der Waals surface area contributed by atoms with E-state index in [1.54, 1.807) is 24.6 Å². The predicted octanol–water partition coefficient (Wildman–Crippen LogP) is 4.92. The molecule has 0 aliphatic carbocycles. The zero-order valence-corrected chi connectivity index (χ0v) is 14.5. The Hall–Kier alpha value is -3.05. The highest BCUT2D eigenvalue weighted by Crippen LogP contribution is 2.33. The van der Waals surface area contributed by atoms with Crippen molar-refractivity contribution in [1.82, 2.24) is 15.4 Å². The molecule has 0 spiro atoms. The lowest BCUT2D eigenvalue weighted by atomic mass is 9.96. The summed E-state index contributed by atoms with van der Waals surface area (Å²) in [5.41, 5.74) is 7.34. The van der Waals surface area contributed by atoms with Gasteiger partial charge in [-0.1, -0.05) is 35.5 Å². The van der Waals surface area contributed by atoms with Crippen LogP contribution in [0.15, 0.2) is 70.3 Å². The van der Waals surface area contributed by atoms with Crippen molar-refractivity contribution in [2.75, 3.05) is 7.05 Å². The van der Waals surface area contributed by atoms with Gasteiger partial charge in [0.15, 0.2) is 0 Å². The Bertz CT molecular complexity index is 1000. The number of rotatable bonds is 4. The highest BCUT2D eigenvalue weighted by Gasteiger charge is 2.12. The van der Waals surface area contributed by atoms with Crippen molar-refractivity contribution in [1.29, 1.82) is 0 Å². The van der Waals surface area contributed by atoms with Gasteiger partial charge in [-0.05, 0) is 57.3 Å². The molecule has 0 saturated heterocycles. The molecule has 0 atom stereocenters. The second kappa shape index (κ2) is 6.83. The average Bonchev–Trinajstić information content (AvgIpc) is 3.34. The van der Waals surface area contributed by atoms with E-state index in [1.807, 2.05) is 6.07 Å². The molecule has 122 valence electrons. The van der Waals surface area contributed by atoms with Gasteiger partial charge in [0.25, 0.3) is 0 Å². The van der Waals surface area contributed by atoms with Crippen molar-refractivity contribution < 1.29 is 0 Å². The lowest BCUT2D eigenvalue weighted by Crippen LogP contribution is -1.89. The van der Waals surface area contributed by atoms with Gasteiger partial charge >= 0.3 is 0 Å². The van der Waals surface area contributed by atoms with Crippen LogP contribution in [0, 0.1) is 0 Å². The molecule has 4 aromatic rings. The third-order valence-electron chi connectivity index (χ3n) is 4.00. The molecule has 2 heterocycles. The van der Waals surface area contributed by atoms with Gasteiger partial charge in [0.1, 0.15) is 11.4 Å². The first-order valence-electron chi connectivity index (χ1n) is 7.92. The van der Waals surface area contributed by atoms with E-state index in [1.165, 1.54) is 16.7 Å². The number of aromatic nitrogens is 3. The van der Waals surface area contributed by atoms with Crippen molar-refractivity contribution in [3.8, 4) is 33.5 Å². The molecule has 0 unspecified atom stereocenters. The van der Waals surface area contributed by atoms with E-state index in [0.717, 1.165) is 22.5 Å². The number of nitrogens with one attached hydrogen (secondary N) is 1. The number of hydrogen-bond donors (Lipinski definition) is 1. The zero-order chi connectivity index (χ0) is 17.1. The van der Waals surface area contributed by atoms with Gasteiger partial charge in [-0.15, -0.1) is 5.10 Å². The van der Waals surface area contributed by atoms with Gasteiger partial charge in [0.2, 0.25) is 0 Å². The van der Waals surface area contributed by atoms with Crippen LogP contribution in [0.4, 0.5) is 0 Å². The number of hydrogen-bond acceptors (Lipinski definition) is 4. The largest absolute Gasteiger partial charge is 0.294 e. The monoisotopic (exact) mass is 344 g/mol. The third-order valence-corrected chi connectivity index (χ3v) is 4.69. The molecule has 4 rings (SSSR count). The van der Waals surface area contributed by atoms with Crippen LogP contribution in [0.5, 0.6) is 0 Å². The van der Waals surface area contributed by atoms with Crippen LogP contribution in [0.1, 0.15) is 5.69 Å². The van der Waals surface area contributed by atoms with Crippen molar-refractivity contribution >= 4 is 17.6 Å². The smallest absolute Gasteiger partial charge is 0.121 e. The number of nitrogens with zero attached hydrogens (tertiary/aromatic N) is 3. The van der Waals surface area contributed by atoms with E-state index in [0.29, 0.717) is 0 Å². The van der Waals surface area contributed by atoms with Crippen LogP contribution >= 0.6 is 11.3 Å². The second-order valence-corrected chi connectivity index (χ2v) is 6.42. The highest BCUT2D eigenvalue weighted by molar-refractivity contribution is 7.08. The Labute approximate surface area is 149 Å². The van der Waals surface area contributed by atoms with Crippen LogP contribution in [0.2, 0.25) is 0 Å². The summed E-state index contributed by atoms with van der Waals surface area (Å²) in [5.74, 6) is 0. The number of benzene rings is 2. The van der Waals surface area contributed by atoms with E-state index in [-0.39, 0.29) is 0 Å². The SMILES string of the molecule is C/N=C/c1[nH]nnc1-c1cc(-c2ccccc2)cc(-c2ccsc2)c1. The molecule has 25 heavy (non-hydrogen) atoms. The van der Waals surface area contributed by atoms with Crippen molar-refractivity contribution in [2.45, 2.75) is 0 Å². The molecule has 1 N–H and O–H groups in total. The second-order valence-electron chi connectivity index (χ2n) is 5.64. The van der Waals surface area contributed by atoms with E-state index < -0.39 is 0 Å². The van der Waals surface area contributed by atoms with Gasteiger partial charge in [0.05, 0.1) is 0 Å². The lowest BCUT2D eigenvalue weighted by molar-refractivity contribution is 0.940. The molecule has 0 aliphatic rings. The zero-order valence-electron chi connectivity index (χ0n) is 13.7. The van der Waals surface area contributed by atoms with E-state index >= 15 is 0 Å². The van der Waals surface area contributed by atoms with Gasteiger partial charge < -0.3 is 0 Å². The summed E-state index contributed by atoms with van der Waals surface area (Å²) in [6.07, 6.45) is 1.74. The van der Waals surface area contributed by atoms with E-state index in [4.69, 9.17) is 0 Å². The van der Waals surface area contributed by atoms with Crippen molar-refractivity contribution in [3.63, 3.8) is 0 Å². The fourth-order valence-corrected chi connectivity index (χ4v) is 3.49. The molecule has 0 bridgehead atoms. The minimum absolute atomic E-state index is 0.805. The Morgan fingerprint density at radius 1 is 0.920 bits per heavy atom. The standard InChI is InChI=1S/C20H16N4S/c1-21-12-19-20(23-24-22-19)18-10-16(14-5-3-2-4-6-14)9-17(11-18)15-7-8-25-13-15/h2-13H,1H3,(H,22,23,24)/b21-12+. The maximum Gasteiger partial charge on any atom is 0.121 e. The van der Waals surface area contributed by atoms with Crippen LogP contribution in [-0.2, 0) is 0 Å². The summed E-state index contributed by atoms with van der Waals surface area (Å²) in [7, 11) is 1.74. The Balaban J connectivity index is 1.92. The van der Waals surface area contributed by atoms with E-state index in [9.17, 15) is 0 Å². The van der Waals surface area contributed by atoms with Crippen molar-refractivity contribution in [2.24, 2.45) is 4.99 Å². The molecule has 2 aromatic heterocycles. The Kier molecular flexibility index (Phi) is 4.23. The molecular weight excluding hydrogens is 328 g/mol. The summed E-state index contributed by atoms with van der Waals surface area (Å²) in [6, 6.07) is 19.0. The number of thiophene rings is 1. The van der Waals surface area contributed by atoms with Crippen molar-refractivity contribution in [3.05, 3.63) is 71.1 Å². The van der Waals surface area contributed by atoms with Crippen LogP contribution in [0.25, 0.3) is 33.5 Å². The quantitative estimate of drug-likeness (QED) is 0.534. The molecule has 0 fully saturated rings. The molecule has 0 aliphatic heterocycles. The fraction of sp³-hybridized carbons (Fsp3) is 0.0500. The average molecular weight is 344 g/mol. The topological polar surface area (TPSA) is 53.9 Å². The highest BCUT2D eigenvalue weighted by atomic mass is 32.1. The van der Waals surface area contributed by atoms with Crippen LogP contribution in [-0.4, -0.2) is 28.7 Å². The van der Waals surface area contributed by atoms with Gasteiger partial charge in [-0.25, -0.2) is 0 Å². The Morgan fingerprint density at radius 2 is 1.68 bits per heavy atom. The number of aliphatic imine (C=N–C) groups is 1. The molecule has 0 saturated carbocycles. The van der Waals surface area contributed by atoms with Crippen LogP contribution in [0.3, 0.4) is 0 Å². The molecule has 5 heteroatoms. The summed E-state index contributed by atoms with van der Waals surface area (Å²) in [5, 5.41) is 15.4. The number of aromatic amines is 1. The summed E-state index contributed by atoms with van der Waals surface area (Å²) < 4.78 is 0. The summed E-state index contributed by atoms with van der Waals surface area (Å²) in [4.78, 5) is 4.08. The number of H-pyrrole nitrogens is 1. The molecule has 4 nitrogen and oxygen atoms in total. The minimum atomic E-state index is 0.805. The fourth-order valence-electron chi connectivity index (χ4n) is 2.83. The van der Waals surface area contributed by atoms with Gasteiger partial charge in [0, 0.05) is 18.8 Å². The first-order valence-corrected chi connectivity index (χ1v) is 8.86. The normalized spacial score (nSPS) is 11.2. The minimum Gasteiger partial charge on any atom is -0.294 e. The van der Waals surface area contributed by atoms with Crippen LogP contribution < -0.4 is 0 Å². The summed E-state index contributed by atoms with van der Waals surface area (Å²) >= 11 is 1.70.